The molecule has 7 heteroatoms. The number of aromatic nitrogens is 1. The number of carbonyl (C=O) groups excluding carboxylic acids is 2. The van der Waals surface area contributed by atoms with Crippen LogP contribution in [0.3, 0.4) is 0 Å². The van der Waals surface area contributed by atoms with Crippen LogP contribution >= 0.6 is 0 Å². The van der Waals surface area contributed by atoms with Crippen LogP contribution < -0.4 is 9.47 Å². The third-order valence-electron chi connectivity index (χ3n) is 6.73. The second-order valence-corrected chi connectivity index (χ2v) is 11.5. The predicted molar refractivity (Wildman–Crippen MR) is 155 cm³/mol. The highest BCUT2D eigenvalue weighted by atomic mass is 16.5. The number of hydrogen-bond acceptors (Lipinski definition) is 6. The molecule has 0 spiro atoms. The highest BCUT2D eigenvalue weighted by Gasteiger charge is 2.46. The maximum Gasteiger partial charge on any atom is 0.295 e. The average molecular weight is 543 g/mol. The molecule has 1 aliphatic heterocycles. The largest absolute Gasteiger partial charge is 0.507 e. The van der Waals surface area contributed by atoms with Crippen LogP contribution in [0.4, 0.5) is 0 Å². The fraction of sp³-hybridized carbons (Fsp3) is 0.364. The maximum atomic E-state index is 13.6. The van der Waals surface area contributed by atoms with Crippen LogP contribution in [-0.2, 0) is 21.5 Å². The van der Waals surface area contributed by atoms with E-state index in [1.165, 1.54) is 4.90 Å². The Hall–Kier alpha value is -4.13. The lowest BCUT2D eigenvalue weighted by Crippen LogP contribution is -2.29. The Morgan fingerprint density at radius 1 is 1.05 bits per heavy atom. The van der Waals surface area contributed by atoms with E-state index in [9.17, 15) is 14.7 Å². The van der Waals surface area contributed by atoms with E-state index in [1.807, 2.05) is 43.3 Å². The molecule has 1 N–H and O–H groups in total. The normalized spacial score (nSPS) is 17.0. The quantitative estimate of drug-likeness (QED) is 0.190. The first-order valence-electron chi connectivity index (χ1n) is 13.7. The maximum absolute atomic E-state index is 13.6. The highest BCUT2D eigenvalue weighted by Crippen LogP contribution is 2.42. The Bertz CT molecular complexity index is 1410. The van der Waals surface area contributed by atoms with Crippen molar-refractivity contribution < 1.29 is 24.2 Å². The zero-order valence-electron chi connectivity index (χ0n) is 24.1. The van der Waals surface area contributed by atoms with Gasteiger partial charge in [0.15, 0.2) is 0 Å². The molecule has 1 aliphatic rings. The first kappa shape index (κ1) is 28.9. The molecule has 7 nitrogen and oxygen atoms in total. The van der Waals surface area contributed by atoms with E-state index in [4.69, 9.17) is 9.47 Å². The molecule has 0 bridgehead atoms. The van der Waals surface area contributed by atoms with Crippen LogP contribution in [0.2, 0.25) is 0 Å². The molecule has 1 saturated heterocycles. The summed E-state index contributed by atoms with van der Waals surface area (Å²) in [4.78, 5) is 32.7. The average Bonchev–Trinajstić information content (AvgIpc) is 3.17. The Balaban J connectivity index is 1.87. The third kappa shape index (κ3) is 6.19. The van der Waals surface area contributed by atoms with Gasteiger partial charge in [0.1, 0.15) is 17.3 Å². The molecule has 1 atom stereocenters. The molecule has 3 aromatic rings. The van der Waals surface area contributed by atoms with Crippen LogP contribution in [0.5, 0.6) is 11.5 Å². The molecular formula is C33H38N2O5. The fourth-order valence-electron chi connectivity index (χ4n) is 4.82. The lowest BCUT2D eigenvalue weighted by Gasteiger charge is -2.26. The summed E-state index contributed by atoms with van der Waals surface area (Å²) in [6.45, 7) is 13.4. The number of benzene rings is 2. The second kappa shape index (κ2) is 11.9. The molecule has 0 saturated carbocycles. The van der Waals surface area contributed by atoms with Crippen molar-refractivity contribution in [1.82, 2.24) is 9.88 Å². The van der Waals surface area contributed by atoms with Crippen molar-refractivity contribution in [3.05, 3.63) is 94.8 Å². The molecule has 0 radical (unpaired) electrons. The van der Waals surface area contributed by atoms with Gasteiger partial charge in [-0.05, 0) is 65.8 Å². The van der Waals surface area contributed by atoms with E-state index < -0.39 is 17.7 Å². The highest BCUT2D eigenvalue weighted by molar-refractivity contribution is 6.46. The van der Waals surface area contributed by atoms with Gasteiger partial charge < -0.3 is 19.5 Å². The minimum Gasteiger partial charge on any atom is -0.507 e. The lowest BCUT2D eigenvalue weighted by molar-refractivity contribution is -0.140. The van der Waals surface area contributed by atoms with Gasteiger partial charge in [0.05, 0.1) is 24.8 Å². The summed E-state index contributed by atoms with van der Waals surface area (Å²) in [5.41, 5.74) is 2.55. The van der Waals surface area contributed by atoms with E-state index in [0.29, 0.717) is 36.0 Å². The van der Waals surface area contributed by atoms with Gasteiger partial charge in [-0.25, -0.2) is 0 Å². The van der Waals surface area contributed by atoms with Crippen molar-refractivity contribution in [3.8, 4) is 11.5 Å². The fourth-order valence-corrected chi connectivity index (χ4v) is 4.82. The molecule has 40 heavy (non-hydrogen) atoms. The molecule has 1 aromatic heterocycles. The van der Waals surface area contributed by atoms with Gasteiger partial charge in [0.25, 0.3) is 11.7 Å². The second-order valence-electron chi connectivity index (χ2n) is 11.5. The standard InChI is InChI=1S/C33H38N2O5/c1-7-39-27-14-13-24(17-26(27)33(4,5)6)30(36)28-29(23-11-8-12-25(16-23)40-20-21(2)3)35(32(38)31(28)37)19-22-10-9-15-34-18-22/h8-18,21,29,36H,7,19-20H2,1-6H3/b30-28+. The Labute approximate surface area is 236 Å². The number of ketones is 1. The van der Waals surface area contributed by atoms with Crippen molar-refractivity contribution in [2.45, 2.75) is 59.5 Å². The number of rotatable bonds is 9. The number of aliphatic hydroxyl groups is 1. The van der Waals surface area contributed by atoms with Gasteiger partial charge in [0, 0.05) is 30.1 Å². The molecule has 1 fully saturated rings. The van der Waals surface area contributed by atoms with Gasteiger partial charge in [-0.15, -0.1) is 0 Å². The number of amides is 1. The van der Waals surface area contributed by atoms with Crippen molar-refractivity contribution in [3.63, 3.8) is 0 Å². The smallest absolute Gasteiger partial charge is 0.295 e. The molecule has 1 amide bonds. The van der Waals surface area contributed by atoms with E-state index in [0.717, 1.165) is 16.9 Å². The SMILES string of the molecule is CCOc1ccc(/C(O)=C2\C(=O)C(=O)N(Cc3cccnc3)C2c2cccc(OCC(C)C)c2)cc1C(C)(C)C. The Kier molecular flexibility index (Phi) is 8.62. The predicted octanol–water partition coefficient (Wildman–Crippen LogP) is 6.43. The number of Topliss-reactive ketones (excluding diaryl/α,β-unsaturated/α-hetero) is 1. The van der Waals surface area contributed by atoms with Crippen LogP contribution in [0.15, 0.2) is 72.6 Å². The number of ether oxygens (including phenoxy) is 2. The lowest BCUT2D eigenvalue weighted by atomic mass is 9.84. The minimum atomic E-state index is -0.813. The molecule has 0 aliphatic carbocycles. The van der Waals surface area contributed by atoms with Gasteiger partial charge in [-0.1, -0.05) is 52.8 Å². The van der Waals surface area contributed by atoms with Gasteiger partial charge >= 0.3 is 0 Å². The zero-order chi connectivity index (χ0) is 29.0. The molecule has 4 rings (SSSR count). The molecular weight excluding hydrogens is 504 g/mol. The monoisotopic (exact) mass is 542 g/mol. The summed E-state index contributed by atoms with van der Waals surface area (Å²) in [6, 6.07) is 15.6. The van der Waals surface area contributed by atoms with Crippen molar-refractivity contribution in [2.24, 2.45) is 5.92 Å². The number of nitrogens with zero attached hydrogens (tertiary/aromatic N) is 2. The summed E-state index contributed by atoms with van der Waals surface area (Å²) in [5, 5.41) is 11.7. The third-order valence-corrected chi connectivity index (χ3v) is 6.73. The first-order chi connectivity index (χ1) is 19.0. The zero-order valence-corrected chi connectivity index (χ0v) is 24.1. The first-order valence-corrected chi connectivity index (χ1v) is 13.7. The summed E-state index contributed by atoms with van der Waals surface area (Å²) in [6.07, 6.45) is 3.32. The topological polar surface area (TPSA) is 89.0 Å². The van der Waals surface area contributed by atoms with Gasteiger partial charge in [0.2, 0.25) is 0 Å². The Morgan fingerprint density at radius 2 is 1.82 bits per heavy atom. The number of likely N-dealkylation sites (tertiary alicyclic amines) is 1. The van der Waals surface area contributed by atoms with Crippen molar-refractivity contribution in [1.29, 1.82) is 0 Å². The summed E-state index contributed by atoms with van der Waals surface area (Å²) in [5.74, 6) is 0.0528. The summed E-state index contributed by atoms with van der Waals surface area (Å²) < 4.78 is 11.8. The number of aliphatic hydroxyl groups excluding tert-OH is 1. The van der Waals surface area contributed by atoms with Gasteiger partial charge in [-0.3, -0.25) is 14.6 Å². The Morgan fingerprint density at radius 3 is 2.48 bits per heavy atom. The van der Waals surface area contributed by atoms with Crippen LogP contribution in [-0.4, -0.2) is 39.9 Å². The molecule has 2 heterocycles. The van der Waals surface area contributed by atoms with Crippen molar-refractivity contribution in [2.75, 3.05) is 13.2 Å². The number of hydrogen-bond donors (Lipinski definition) is 1. The summed E-state index contributed by atoms with van der Waals surface area (Å²) in [7, 11) is 0. The molecule has 2 aromatic carbocycles. The van der Waals surface area contributed by atoms with Crippen molar-refractivity contribution >= 4 is 17.4 Å². The molecule has 210 valence electrons. The number of pyridine rings is 1. The van der Waals surface area contributed by atoms with Crippen LogP contribution in [0.25, 0.3) is 5.76 Å². The molecule has 1 unspecified atom stereocenters. The van der Waals surface area contributed by atoms with E-state index in [2.05, 4.69) is 39.6 Å². The van der Waals surface area contributed by atoms with Crippen LogP contribution in [0, 0.1) is 5.92 Å². The van der Waals surface area contributed by atoms with Crippen LogP contribution in [0.1, 0.15) is 69.8 Å². The summed E-state index contributed by atoms with van der Waals surface area (Å²) >= 11 is 0. The van der Waals surface area contributed by atoms with E-state index >= 15 is 0 Å². The van der Waals surface area contributed by atoms with E-state index in [-0.39, 0.29) is 23.3 Å². The number of carbonyl (C=O) groups is 2. The van der Waals surface area contributed by atoms with E-state index in [1.54, 1.807) is 30.6 Å². The minimum absolute atomic E-state index is 0.0407. The van der Waals surface area contributed by atoms with Gasteiger partial charge in [-0.2, -0.15) is 0 Å².